The molecule has 1 heterocycles. The fourth-order valence-corrected chi connectivity index (χ4v) is 2.30. The molecule has 0 aliphatic carbocycles. The summed E-state index contributed by atoms with van der Waals surface area (Å²) in [4.78, 5) is 10.6. The molecule has 0 unspecified atom stereocenters. The molecular weight excluding hydrogens is 206 g/mol. The highest BCUT2D eigenvalue weighted by Crippen LogP contribution is 2.33. The second-order valence-electron chi connectivity index (χ2n) is 2.83. The number of carbonyl (C=O) groups excluding carboxylic acids is 1. The maximum Gasteiger partial charge on any atom is 0.272 e. The van der Waals surface area contributed by atoms with E-state index in [1.54, 1.807) is 18.2 Å². The fourth-order valence-electron chi connectivity index (χ4n) is 1.31. The zero-order chi connectivity index (χ0) is 10.1. The molecule has 0 radical (unpaired) electrons. The normalized spacial score (nSPS) is 11.1. The number of halogens is 2. The van der Waals surface area contributed by atoms with E-state index in [-0.39, 0.29) is 4.88 Å². The predicted molar refractivity (Wildman–Crippen MR) is 52.2 cm³/mol. The molecular formula is C10H6F2OS. The lowest BCUT2D eigenvalue weighted by molar-refractivity contribution is 0.112. The molecule has 2 aromatic rings. The molecule has 0 saturated carbocycles. The number of hydrogen-bond acceptors (Lipinski definition) is 2. The van der Waals surface area contributed by atoms with Crippen LogP contribution in [0.1, 0.15) is 21.7 Å². The molecule has 0 saturated heterocycles. The van der Waals surface area contributed by atoms with Gasteiger partial charge in [0.1, 0.15) is 0 Å². The van der Waals surface area contributed by atoms with Gasteiger partial charge in [0.2, 0.25) is 0 Å². The van der Waals surface area contributed by atoms with E-state index < -0.39 is 6.43 Å². The van der Waals surface area contributed by atoms with Crippen LogP contribution in [0.2, 0.25) is 0 Å². The van der Waals surface area contributed by atoms with Crippen LogP contribution in [0.25, 0.3) is 10.1 Å². The first-order valence-corrected chi connectivity index (χ1v) is 4.80. The van der Waals surface area contributed by atoms with Crippen LogP contribution in [0.5, 0.6) is 0 Å². The van der Waals surface area contributed by atoms with Crippen LogP contribution in [0.4, 0.5) is 8.78 Å². The van der Waals surface area contributed by atoms with Crippen LogP contribution < -0.4 is 0 Å². The van der Waals surface area contributed by atoms with Crippen LogP contribution in [0, 0.1) is 0 Å². The number of benzene rings is 1. The minimum atomic E-state index is -2.47. The van der Waals surface area contributed by atoms with E-state index in [2.05, 4.69) is 0 Å². The lowest BCUT2D eigenvalue weighted by Gasteiger charge is -1.91. The number of fused-ring (bicyclic) bond motifs is 1. The monoisotopic (exact) mass is 212 g/mol. The van der Waals surface area contributed by atoms with Gasteiger partial charge in [-0.3, -0.25) is 4.79 Å². The van der Waals surface area contributed by atoms with Crippen molar-refractivity contribution in [2.24, 2.45) is 0 Å². The molecule has 0 atom stereocenters. The third kappa shape index (κ3) is 1.42. The van der Waals surface area contributed by atoms with Gasteiger partial charge in [0, 0.05) is 10.3 Å². The molecule has 1 nitrogen and oxygen atoms in total. The van der Waals surface area contributed by atoms with Crippen molar-refractivity contribution in [1.82, 2.24) is 0 Å². The Hall–Kier alpha value is -1.29. The van der Waals surface area contributed by atoms with Crippen molar-refractivity contribution >= 4 is 27.7 Å². The highest BCUT2D eigenvalue weighted by atomic mass is 32.1. The van der Waals surface area contributed by atoms with Crippen LogP contribution >= 0.6 is 11.3 Å². The first-order valence-electron chi connectivity index (χ1n) is 3.98. The molecule has 4 heteroatoms. The van der Waals surface area contributed by atoms with Crippen LogP contribution in [-0.4, -0.2) is 6.29 Å². The van der Waals surface area contributed by atoms with E-state index >= 15 is 0 Å². The van der Waals surface area contributed by atoms with Crippen molar-refractivity contribution < 1.29 is 13.6 Å². The van der Waals surface area contributed by atoms with E-state index in [0.717, 1.165) is 11.3 Å². The first-order chi connectivity index (χ1) is 6.72. The van der Waals surface area contributed by atoms with Gasteiger partial charge in [0.25, 0.3) is 6.43 Å². The molecule has 0 N–H and O–H groups in total. The molecule has 0 spiro atoms. The van der Waals surface area contributed by atoms with E-state index in [0.29, 0.717) is 21.9 Å². The summed E-state index contributed by atoms with van der Waals surface area (Å²) >= 11 is 0.975. The SMILES string of the molecule is O=Cc1cccc2cc(C(F)F)sc12. The zero-order valence-electron chi connectivity index (χ0n) is 7.04. The minimum absolute atomic E-state index is 0.00861. The van der Waals surface area contributed by atoms with Gasteiger partial charge in [-0.25, -0.2) is 8.78 Å². The third-order valence-electron chi connectivity index (χ3n) is 1.94. The highest BCUT2D eigenvalue weighted by molar-refractivity contribution is 7.19. The van der Waals surface area contributed by atoms with Gasteiger partial charge in [-0.1, -0.05) is 18.2 Å². The summed E-state index contributed by atoms with van der Waals surface area (Å²) in [6.07, 6.45) is -1.78. The van der Waals surface area contributed by atoms with E-state index in [4.69, 9.17) is 0 Å². The number of aldehydes is 1. The summed E-state index contributed by atoms with van der Waals surface area (Å²) in [6, 6.07) is 6.47. The first kappa shape index (κ1) is 9.27. The molecule has 2 rings (SSSR count). The lowest BCUT2D eigenvalue weighted by atomic mass is 10.2. The standard InChI is InChI=1S/C10H6F2OS/c11-10(12)8-4-6-2-1-3-7(5-13)9(6)14-8/h1-5,10H. The topological polar surface area (TPSA) is 17.1 Å². The summed E-state index contributed by atoms with van der Waals surface area (Å²) in [7, 11) is 0. The molecule has 1 aromatic heterocycles. The van der Waals surface area contributed by atoms with Gasteiger partial charge in [0.05, 0.1) is 4.88 Å². The van der Waals surface area contributed by atoms with Gasteiger partial charge in [-0.2, -0.15) is 0 Å². The molecule has 1 aromatic carbocycles. The summed E-state index contributed by atoms with van der Waals surface area (Å²) in [5.41, 5.74) is 0.472. The third-order valence-corrected chi connectivity index (χ3v) is 3.14. The number of hydrogen-bond donors (Lipinski definition) is 0. The number of thiophene rings is 1. The second-order valence-corrected chi connectivity index (χ2v) is 3.92. The van der Waals surface area contributed by atoms with Gasteiger partial charge in [-0.05, 0) is 11.5 Å². The zero-order valence-corrected chi connectivity index (χ0v) is 7.85. The summed E-state index contributed by atoms with van der Waals surface area (Å²) in [5.74, 6) is 0. The molecule has 0 amide bonds. The highest BCUT2D eigenvalue weighted by Gasteiger charge is 2.12. The fraction of sp³-hybridized carbons (Fsp3) is 0.100. The van der Waals surface area contributed by atoms with Crippen LogP contribution in [-0.2, 0) is 0 Å². The van der Waals surface area contributed by atoms with Crippen molar-refractivity contribution in [3.63, 3.8) is 0 Å². The summed E-state index contributed by atoms with van der Waals surface area (Å²) in [6.45, 7) is 0. The minimum Gasteiger partial charge on any atom is -0.298 e. The molecule has 0 aliphatic heterocycles. The van der Waals surface area contributed by atoms with Crippen molar-refractivity contribution in [1.29, 1.82) is 0 Å². The van der Waals surface area contributed by atoms with Crippen LogP contribution in [0.15, 0.2) is 24.3 Å². The van der Waals surface area contributed by atoms with Crippen LogP contribution in [0.3, 0.4) is 0 Å². The quantitative estimate of drug-likeness (QED) is 0.694. The number of rotatable bonds is 2. The Balaban J connectivity index is 2.70. The lowest BCUT2D eigenvalue weighted by Crippen LogP contribution is -1.76. The van der Waals surface area contributed by atoms with Gasteiger partial charge >= 0.3 is 0 Å². The van der Waals surface area contributed by atoms with Crippen molar-refractivity contribution in [3.8, 4) is 0 Å². The average Bonchev–Trinajstić information content (AvgIpc) is 2.60. The molecule has 0 bridgehead atoms. The average molecular weight is 212 g/mol. The van der Waals surface area contributed by atoms with Crippen molar-refractivity contribution in [3.05, 3.63) is 34.7 Å². The smallest absolute Gasteiger partial charge is 0.272 e. The number of alkyl halides is 2. The molecule has 72 valence electrons. The maximum atomic E-state index is 12.4. The van der Waals surface area contributed by atoms with Crippen molar-refractivity contribution in [2.45, 2.75) is 6.43 Å². The Labute approximate surface area is 83.0 Å². The van der Waals surface area contributed by atoms with Gasteiger partial charge < -0.3 is 0 Å². The van der Waals surface area contributed by atoms with Crippen molar-refractivity contribution in [2.75, 3.05) is 0 Å². The van der Waals surface area contributed by atoms with Gasteiger partial charge in [0.15, 0.2) is 6.29 Å². The second kappa shape index (κ2) is 3.46. The Morgan fingerprint density at radius 3 is 2.79 bits per heavy atom. The predicted octanol–water partition coefficient (Wildman–Crippen LogP) is 3.65. The summed E-state index contributed by atoms with van der Waals surface area (Å²) in [5, 5.41) is 0.704. The molecule has 0 fully saturated rings. The molecule has 0 aliphatic rings. The Kier molecular flexibility index (Phi) is 2.29. The Morgan fingerprint density at radius 2 is 2.14 bits per heavy atom. The Morgan fingerprint density at radius 1 is 1.36 bits per heavy atom. The van der Waals surface area contributed by atoms with E-state index in [1.807, 2.05) is 0 Å². The summed E-state index contributed by atoms with van der Waals surface area (Å²) < 4.78 is 25.4. The molecule has 14 heavy (non-hydrogen) atoms. The number of carbonyl (C=O) groups is 1. The van der Waals surface area contributed by atoms with E-state index in [9.17, 15) is 13.6 Å². The van der Waals surface area contributed by atoms with Gasteiger partial charge in [-0.15, -0.1) is 11.3 Å². The largest absolute Gasteiger partial charge is 0.298 e. The maximum absolute atomic E-state index is 12.4. The Bertz CT molecular complexity index is 476. The van der Waals surface area contributed by atoms with E-state index in [1.165, 1.54) is 6.07 Å².